The molecule has 0 aliphatic rings. The Morgan fingerprint density at radius 1 is 1.26 bits per heavy atom. The molecule has 0 saturated heterocycles. The number of allylic oxidation sites excluding steroid dienone is 1. The van der Waals surface area contributed by atoms with E-state index in [0.717, 1.165) is 22.3 Å². The van der Waals surface area contributed by atoms with E-state index in [1.54, 1.807) is 7.11 Å². The summed E-state index contributed by atoms with van der Waals surface area (Å²) in [4.78, 5) is 4.48. The van der Waals surface area contributed by atoms with Crippen LogP contribution < -0.4 is 4.74 Å². The lowest BCUT2D eigenvalue weighted by molar-refractivity contribution is 0.373. The molecule has 0 saturated carbocycles. The summed E-state index contributed by atoms with van der Waals surface area (Å²) >= 11 is 1.52. The number of rotatable bonds is 8. The highest BCUT2D eigenvalue weighted by Crippen LogP contribution is 2.36. The van der Waals surface area contributed by atoms with Gasteiger partial charge in [-0.2, -0.15) is 4.98 Å². The number of methoxy groups -OCH3 is 1. The molecule has 3 rings (SSSR count). The normalized spacial score (nSPS) is 12.3. The molecule has 0 N–H and O–H groups in total. The SMILES string of the molecule is C=CCn1c(SC(C)c2nc(C(C)C)no2)nnc1-c1ccccc1OC. The minimum Gasteiger partial charge on any atom is -0.496 e. The van der Waals surface area contributed by atoms with Gasteiger partial charge in [0.2, 0.25) is 5.89 Å². The fourth-order valence-electron chi connectivity index (χ4n) is 2.55. The molecule has 1 atom stereocenters. The Balaban J connectivity index is 1.91. The first-order valence-electron chi connectivity index (χ1n) is 8.72. The van der Waals surface area contributed by atoms with E-state index in [4.69, 9.17) is 9.26 Å². The second kappa shape index (κ2) is 8.39. The van der Waals surface area contributed by atoms with Crippen molar-refractivity contribution in [3.63, 3.8) is 0 Å². The predicted molar refractivity (Wildman–Crippen MR) is 105 cm³/mol. The van der Waals surface area contributed by atoms with E-state index in [1.807, 2.05) is 55.7 Å². The quantitative estimate of drug-likeness (QED) is 0.417. The third-order valence-corrected chi connectivity index (χ3v) is 5.05. The van der Waals surface area contributed by atoms with Gasteiger partial charge in [0, 0.05) is 12.5 Å². The lowest BCUT2D eigenvalue weighted by atomic mass is 10.2. The maximum Gasteiger partial charge on any atom is 0.239 e. The van der Waals surface area contributed by atoms with E-state index in [9.17, 15) is 0 Å². The lowest BCUT2D eigenvalue weighted by Crippen LogP contribution is -2.02. The maximum absolute atomic E-state index is 5.47. The predicted octanol–water partition coefficient (Wildman–Crippen LogP) is 4.50. The fraction of sp³-hybridized carbons (Fsp3) is 0.368. The third-order valence-electron chi connectivity index (χ3n) is 3.98. The van der Waals surface area contributed by atoms with Gasteiger partial charge in [-0.25, -0.2) is 0 Å². The first-order valence-corrected chi connectivity index (χ1v) is 9.60. The van der Waals surface area contributed by atoms with Gasteiger partial charge in [-0.05, 0) is 19.1 Å². The van der Waals surface area contributed by atoms with E-state index >= 15 is 0 Å². The number of hydrogen-bond donors (Lipinski definition) is 0. The van der Waals surface area contributed by atoms with Crippen molar-refractivity contribution in [3.8, 4) is 17.1 Å². The monoisotopic (exact) mass is 385 g/mol. The molecule has 27 heavy (non-hydrogen) atoms. The molecule has 2 heterocycles. The van der Waals surface area contributed by atoms with Gasteiger partial charge in [-0.15, -0.1) is 16.8 Å². The van der Waals surface area contributed by atoms with Crippen LogP contribution in [0.15, 0.2) is 46.6 Å². The van der Waals surface area contributed by atoms with Crippen LogP contribution in [0.4, 0.5) is 0 Å². The van der Waals surface area contributed by atoms with Crippen molar-refractivity contribution in [2.45, 2.75) is 43.6 Å². The first kappa shape index (κ1) is 19.2. The summed E-state index contributed by atoms with van der Waals surface area (Å²) in [6.45, 7) is 10.5. The van der Waals surface area contributed by atoms with Gasteiger partial charge in [-0.3, -0.25) is 4.57 Å². The van der Waals surface area contributed by atoms with Gasteiger partial charge in [-0.1, -0.05) is 49.0 Å². The molecule has 1 aromatic carbocycles. The Hall–Kier alpha value is -2.61. The molecule has 8 heteroatoms. The number of benzene rings is 1. The van der Waals surface area contributed by atoms with Gasteiger partial charge in [0.25, 0.3) is 0 Å². The van der Waals surface area contributed by atoms with Crippen molar-refractivity contribution in [3.05, 3.63) is 48.6 Å². The molecule has 0 fully saturated rings. The zero-order chi connectivity index (χ0) is 19.4. The average Bonchev–Trinajstić information content (AvgIpc) is 3.30. The zero-order valence-corrected chi connectivity index (χ0v) is 16.7. The second-order valence-corrected chi connectivity index (χ2v) is 7.62. The topological polar surface area (TPSA) is 78.9 Å². The number of nitrogens with zero attached hydrogens (tertiary/aromatic N) is 5. The van der Waals surface area contributed by atoms with Gasteiger partial charge >= 0.3 is 0 Å². The number of aromatic nitrogens is 5. The average molecular weight is 385 g/mol. The summed E-state index contributed by atoms with van der Waals surface area (Å²) in [6.07, 6.45) is 1.82. The van der Waals surface area contributed by atoms with Crippen LogP contribution in [-0.2, 0) is 6.54 Å². The molecular formula is C19H23N5O2S. The van der Waals surface area contributed by atoms with Gasteiger partial charge in [0.1, 0.15) is 5.75 Å². The van der Waals surface area contributed by atoms with Gasteiger partial charge in [0.05, 0.1) is 17.9 Å². The second-order valence-electron chi connectivity index (χ2n) is 6.31. The van der Waals surface area contributed by atoms with E-state index in [1.165, 1.54) is 11.8 Å². The largest absolute Gasteiger partial charge is 0.496 e. The maximum atomic E-state index is 5.47. The Kier molecular flexibility index (Phi) is 5.95. The molecule has 3 aromatic rings. The molecular weight excluding hydrogens is 362 g/mol. The number of hydrogen-bond acceptors (Lipinski definition) is 7. The standard InChI is InChI=1S/C19H23N5O2S/c1-6-11-24-17(14-9-7-8-10-15(14)25-5)21-22-19(24)27-13(4)18-20-16(12(2)3)23-26-18/h6-10,12-13H,1,11H2,2-5H3. The van der Waals surface area contributed by atoms with Crippen molar-refractivity contribution in [1.82, 2.24) is 24.9 Å². The van der Waals surface area contributed by atoms with Crippen LogP contribution in [0.1, 0.15) is 43.7 Å². The molecule has 0 bridgehead atoms. The van der Waals surface area contributed by atoms with E-state index in [0.29, 0.717) is 18.3 Å². The van der Waals surface area contributed by atoms with Crippen LogP contribution in [0, 0.1) is 0 Å². The number of thioether (sulfide) groups is 1. The van der Waals surface area contributed by atoms with E-state index in [-0.39, 0.29) is 11.2 Å². The molecule has 2 aromatic heterocycles. The van der Waals surface area contributed by atoms with Crippen LogP contribution in [-0.4, -0.2) is 32.0 Å². The smallest absolute Gasteiger partial charge is 0.239 e. The highest BCUT2D eigenvalue weighted by Gasteiger charge is 2.22. The van der Waals surface area contributed by atoms with Gasteiger partial charge in [0.15, 0.2) is 16.8 Å². The van der Waals surface area contributed by atoms with Crippen LogP contribution in [0.25, 0.3) is 11.4 Å². The Labute approximate surface area is 162 Å². The Morgan fingerprint density at radius 3 is 2.70 bits per heavy atom. The fourth-order valence-corrected chi connectivity index (χ4v) is 3.44. The number of para-hydroxylation sites is 1. The summed E-state index contributed by atoms with van der Waals surface area (Å²) in [5, 5.41) is 13.5. The summed E-state index contributed by atoms with van der Waals surface area (Å²) in [5.41, 5.74) is 0.883. The summed E-state index contributed by atoms with van der Waals surface area (Å²) in [6, 6.07) is 7.75. The van der Waals surface area contributed by atoms with Crippen LogP contribution in [0.5, 0.6) is 5.75 Å². The van der Waals surface area contributed by atoms with E-state index in [2.05, 4.69) is 26.9 Å². The molecule has 0 aliphatic heterocycles. The Morgan fingerprint density at radius 2 is 2.04 bits per heavy atom. The highest BCUT2D eigenvalue weighted by molar-refractivity contribution is 7.99. The van der Waals surface area contributed by atoms with Crippen molar-refractivity contribution < 1.29 is 9.26 Å². The van der Waals surface area contributed by atoms with Gasteiger partial charge < -0.3 is 9.26 Å². The summed E-state index contributed by atoms with van der Waals surface area (Å²) in [7, 11) is 1.65. The Bertz CT molecular complexity index is 918. The molecule has 142 valence electrons. The highest BCUT2D eigenvalue weighted by atomic mass is 32.2. The number of ether oxygens (including phenoxy) is 1. The van der Waals surface area contributed by atoms with Crippen LogP contribution in [0.3, 0.4) is 0 Å². The van der Waals surface area contributed by atoms with Crippen molar-refractivity contribution >= 4 is 11.8 Å². The first-order chi connectivity index (χ1) is 13.0. The minimum absolute atomic E-state index is 0.0525. The van der Waals surface area contributed by atoms with Crippen molar-refractivity contribution in [1.29, 1.82) is 0 Å². The third kappa shape index (κ3) is 4.05. The van der Waals surface area contributed by atoms with E-state index < -0.39 is 0 Å². The lowest BCUT2D eigenvalue weighted by Gasteiger charge is -2.11. The van der Waals surface area contributed by atoms with Crippen LogP contribution >= 0.6 is 11.8 Å². The van der Waals surface area contributed by atoms with Crippen molar-refractivity contribution in [2.75, 3.05) is 7.11 Å². The molecule has 0 spiro atoms. The molecule has 0 radical (unpaired) electrons. The molecule has 7 nitrogen and oxygen atoms in total. The van der Waals surface area contributed by atoms with Crippen molar-refractivity contribution in [2.24, 2.45) is 0 Å². The molecule has 0 aliphatic carbocycles. The zero-order valence-electron chi connectivity index (χ0n) is 15.9. The minimum atomic E-state index is -0.0525. The molecule has 1 unspecified atom stereocenters. The molecule has 0 amide bonds. The summed E-state index contributed by atoms with van der Waals surface area (Å²) in [5.74, 6) is 2.99. The summed E-state index contributed by atoms with van der Waals surface area (Å²) < 4.78 is 12.9. The van der Waals surface area contributed by atoms with Crippen LogP contribution in [0.2, 0.25) is 0 Å².